The number of rotatable bonds is 4. The van der Waals surface area contributed by atoms with Crippen molar-refractivity contribution in [3.63, 3.8) is 0 Å². The van der Waals surface area contributed by atoms with Crippen LogP contribution in [-0.4, -0.2) is 16.2 Å². The second-order valence-corrected chi connectivity index (χ2v) is 6.88. The van der Waals surface area contributed by atoms with Gasteiger partial charge in [-0.25, -0.2) is 9.97 Å². The number of hydrogen-bond donors (Lipinski definition) is 1. The van der Waals surface area contributed by atoms with Crippen molar-refractivity contribution >= 4 is 17.6 Å². The first-order chi connectivity index (χ1) is 10.8. The van der Waals surface area contributed by atoms with Gasteiger partial charge in [-0.2, -0.15) is 5.26 Å². The number of nitrogens with zero attached hydrogens (tertiary/aromatic N) is 3. The molecule has 0 saturated carbocycles. The first kappa shape index (κ1) is 17.1. The molecule has 2 rings (SSSR count). The van der Waals surface area contributed by atoms with Crippen molar-refractivity contribution in [3.05, 3.63) is 41.2 Å². The van der Waals surface area contributed by atoms with E-state index in [9.17, 15) is 0 Å². The third-order valence-corrected chi connectivity index (χ3v) is 4.03. The van der Waals surface area contributed by atoms with Crippen LogP contribution in [0, 0.1) is 11.3 Å². The van der Waals surface area contributed by atoms with Crippen LogP contribution < -0.4 is 10.5 Å². The standard InChI is InChI=1S/C17H20N4OS/c1-17(2,3)11-5-7-12(8-6-11)22-10-14-20-15(19)13(9-18)16(21-14)23-4/h5-8H,10H2,1-4H3,(H2,19,20,21). The zero-order valence-corrected chi connectivity index (χ0v) is 14.6. The molecule has 2 aromatic rings. The minimum absolute atomic E-state index is 0.108. The summed E-state index contributed by atoms with van der Waals surface area (Å²) < 4.78 is 5.71. The molecule has 23 heavy (non-hydrogen) atoms. The zero-order chi connectivity index (χ0) is 17.0. The Morgan fingerprint density at radius 3 is 2.39 bits per heavy atom. The van der Waals surface area contributed by atoms with Crippen molar-refractivity contribution < 1.29 is 4.74 Å². The van der Waals surface area contributed by atoms with E-state index in [-0.39, 0.29) is 17.8 Å². The molecule has 6 heteroatoms. The highest BCUT2D eigenvalue weighted by Gasteiger charge is 2.14. The summed E-state index contributed by atoms with van der Waals surface area (Å²) in [7, 11) is 0. The summed E-state index contributed by atoms with van der Waals surface area (Å²) in [6.07, 6.45) is 1.85. The number of thioether (sulfide) groups is 1. The van der Waals surface area contributed by atoms with Gasteiger partial charge < -0.3 is 10.5 Å². The van der Waals surface area contributed by atoms with Crippen LogP contribution in [0.15, 0.2) is 29.3 Å². The summed E-state index contributed by atoms with van der Waals surface area (Å²) >= 11 is 1.37. The maximum atomic E-state index is 9.07. The summed E-state index contributed by atoms with van der Waals surface area (Å²) in [6.45, 7) is 6.71. The molecule has 0 unspecified atom stereocenters. The van der Waals surface area contributed by atoms with Gasteiger partial charge in [-0.15, -0.1) is 11.8 Å². The Hall–Kier alpha value is -2.26. The highest BCUT2D eigenvalue weighted by atomic mass is 32.2. The zero-order valence-electron chi connectivity index (χ0n) is 13.8. The van der Waals surface area contributed by atoms with Crippen molar-refractivity contribution in [2.24, 2.45) is 0 Å². The minimum atomic E-state index is 0.108. The van der Waals surface area contributed by atoms with Crippen LogP contribution in [0.3, 0.4) is 0 Å². The van der Waals surface area contributed by atoms with E-state index < -0.39 is 0 Å². The smallest absolute Gasteiger partial charge is 0.169 e. The van der Waals surface area contributed by atoms with E-state index in [0.29, 0.717) is 16.4 Å². The van der Waals surface area contributed by atoms with Crippen LogP contribution in [-0.2, 0) is 12.0 Å². The van der Waals surface area contributed by atoms with Gasteiger partial charge in [0.2, 0.25) is 0 Å². The van der Waals surface area contributed by atoms with E-state index in [4.69, 9.17) is 15.7 Å². The van der Waals surface area contributed by atoms with E-state index >= 15 is 0 Å². The number of nitrogens with two attached hydrogens (primary N) is 1. The van der Waals surface area contributed by atoms with E-state index in [0.717, 1.165) is 5.75 Å². The summed E-state index contributed by atoms with van der Waals surface area (Å²) in [6, 6.07) is 10.00. The topological polar surface area (TPSA) is 84.8 Å². The Morgan fingerprint density at radius 1 is 1.22 bits per heavy atom. The van der Waals surface area contributed by atoms with E-state index in [1.54, 1.807) is 0 Å². The first-order valence-electron chi connectivity index (χ1n) is 7.19. The van der Waals surface area contributed by atoms with Gasteiger partial charge in [0.05, 0.1) is 0 Å². The lowest BCUT2D eigenvalue weighted by molar-refractivity contribution is 0.294. The largest absolute Gasteiger partial charge is 0.486 e. The Bertz CT molecular complexity index is 730. The number of hydrogen-bond acceptors (Lipinski definition) is 6. The minimum Gasteiger partial charge on any atom is -0.486 e. The molecule has 2 N–H and O–H groups in total. The Kier molecular flexibility index (Phi) is 5.12. The Balaban J connectivity index is 2.12. The average Bonchev–Trinajstić information content (AvgIpc) is 2.51. The number of benzene rings is 1. The molecular weight excluding hydrogens is 308 g/mol. The normalized spacial score (nSPS) is 11.1. The number of aromatic nitrogens is 2. The molecule has 5 nitrogen and oxygen atoms in total. The number of nitrogen functional groups attached to an aromatic ring is 1. The summed E-state index contributed by atoms with van der Waals surface area (Å²) in [5.41, 5.74) is 7.47. The summed E-state index contributed by atoms with van der Waals surface area (Å²) in [5, 5.41) is 9.64. The van der Waals surface area contributed by atoms with Gasteiger partial charge in [-0.1, -0.05) is 32.9 Å². The van der Waals surface area contributed by atoms with Crippen LogP contribution in [0.5, 0.6) is 5.75 Å². The van der Waals surface area contributed by atoms with Crippen LogP contribution >= 0.6 is 11.8 Å². The molecule has 0 aliphatic carbocycles. The lowest BCUT2D eigenvalue weighted by Crippen LogP contribution is -2.11. The maximum absolute atomic E-state index is 9.07. The van der Waals surface area contributed by atoms with E-state index in [1.807, 2.05) is 24.5 Å². The van der Waals surface area contributed by atoms with Crippen LogP contribution in [0.2, 0.25) is 0 Å². The molecule has 0 spiro atoms. The van der Waals surface area contributed by atoms with Gasteiger partial charge in [-0.3, -0.25) is 0 Å². The molecule has 1 heterocycles. The maximum Gasteiger partial charge on any atom is 0.169 e. The fourth-order valence-corrected chi connectivity index (χ4v) is 2.57. The predicted molar refractivity (Wildman–Crippen MR) is 92.4 cm³/mol. The molecule has 0 amide bonds. The third-order valence-electron chi connectivity index (χ3n) is 3.34. The number of nitriles is 1. The first-order valence-corrected chi connectivity index (χ1v) is 8.41. The molecule has 0 radical (unpaired) electrons. The van der Waals surface area contributed by atoms with Crippen molar-refractivity contribution in [2.75, 3.05) is 12.0 Å². The molecule has 1 aromatic carbocycles. The average molecular weight is 328 g/mol. The lowest BCUT2D eigenvalue weighted by Gasteiger charge is -2.19. The molecule has 0 aliphatic heterocycles. The van der Waals surface area contributed by atoms with E-state index in [1.165, 1.54) is 17.3 Å². The van der Waals surface area contributed by atoms with Crippen LogP contribution in [0.25, 0.3) is 0 Å². The van der Waals surface area contributed by atoms with Gasteiger partial charge in [-0.05, 0) is 29.4 Å². The molecule has 0 atom stereocenters. The SMILES string of the molecule is CSc1nc(COc2ccc(C(C)(C)C)cc2)nc(N)c1C#N. The van der Waals surface area contributed by atoms with Gasteiger partial charge >= 0.3 is 0 Å². The predicted octanol–water partition coefficient (Wildman–Crippen LogP) is 3.53. The molecule has 0 fully saturated rings. The van der Waals surface area contributed by atoms with Crippen molar-refractivity contribution in [1.29, 1.82) is 5.26 Å². The third kappa shape index (κ3) is 4.14. The lowest BCUT2D eigenvalue weighted by atomic mass is 9.87. The molecular formula is C17H20N4OS. The van der Waals surface area contributed by atoms with Crippen molar-refractivity contribution in [2.45, 2.75) is 37.8 Å². The molecule has 0 bridgehead atoms. The summed E-state index contributed by atoms with van der Waals surface area (Å²) in [5.74, 6) is 1.40. The Morgan fingerprint density at radius 2 is 1.87 bits per heavy atom. The second kappa shape index (κ2) is 6.88. The highest BCUT2D eigenvalue weighted by molar-refractivity contribution is 7.98. The molecule has 120 valence electrons. The van der Waals surface area contributed by atoms with Crippen LogP contribution in [0.4, 0.5) is 5.82 Å². The van der Waals surface area contributed by atoms with Gasteiger partial charge in [0.15, 0.2) is 5.82 Å². The van der Waals surface area contributed by atoms with E-state index in [2.05, 4.69) is 42.9 Å². The fourth-order valence-electron chi connectivity index (χ4n) is 2.02. The molecule has 0 saturated heterocycles. The Labute approximate surface area is 140 Å². The van der Waals surface area contributed by atoms with Gasteiger partial charge in [0, 0.05) is 0 Å². The van der Waals surface area contributed by atoms with Crippen LogP contribution in [0.1, 0.15) is 37.7 Å². The number of anilines is 1. The quantitative estimate of drug-likeness (QED) is 0.682. The molecule has 1 aromatic heterocycles. The van der Waals surface area contributed by atoms with Crippen molar-refractivity contribution in [1.82, 2.24) is 9.97 Å². The monoisotopic (exact) mass is 328 g/mol. The fraction of sp³-hybridized carbons (Fsp3) is 0.353. The van der Waals surface area contributed by atoms with Gasteiger partial charge in [0.1, 0.15) is 34.8 Å². The van der Waals surface area contributed by atoms with Gasteiger partial charge in [0.25, 0.3) is 0 Å². The highest BCUT2D eigenvalue weighted by Crippen LogP contribution is 2.25. The van der Waals surface area contributed by atoms with Crippen molar-refractivity contribution in [3.8, 4) is 11.8 Å². The summed E-state index contributed by atoms with van der Waals surface area (Å²) in [4.78, 5) is 8.45. The molecule has 0 aliphatic rings. The second-order valence-electron chi connectivity index (χ2n) is 6.08. The number of ether oxygens (including phenoxy) is 1.